The fraction of sp³-hybridized carbons (Fsp3) is 0.522. The Morgan fingerprint density at radius 3 is 2.55 bits per heavy atom. The standard InChI is InChI=1S/C23H30N4O2/c28-21-15-19(24-23(26-21)18-10-11-18)14-20(17-8-4-3-5-9-17)25-22(29)16-27-12-6-1-2-7-13-27/h3-5,8-9,15,18,20H,1-2,6-7,10-14,16H2,(H,25,29)(H,24,26,28). The minimum absolute atomic E-state index is 0.0352. The van der Waals surface area contributed by atoms with Crippen LogP contribution in [0.25, 0.3) is 0 Å². The molecule has 0 spiro atoms. The van der Waals surface area contributed by atoms with Gasteiger partial charge in [-0.3, -0.25) is 14.5 Å². The predicted molar refractivity (Wildman–Crippen MR) is 113 cm³/mol. The van der Waals surface area contributed by atoms with Crippen molar-refractivity contribution in [1.29, 1.82) is 0 Å². The highest BCUT2D eigenvalue weighted by atomic mass is 16.2. The van der Waals surface area contributed by atoms with Gasteiger partial charge < -0.3 is 10.3 Å². The van der Waals surface area contributed by atoms with E-state index in [1.165, 1.54) is 12.8 Å². The SMILES string of the molecule is O=C(CN1CCCCCC1)NC(Cc1cc(=O)[nH]c(C2CC2)n1)c1ccccc1. The van der Waals surface area contributed by atoms with Gasteiger partial charge >= 0.3 is 0 Å². The number of likely N-dealkylation sites (tertiary alicyclic amines) is 1. The van der Waals surface area contributed by atoms with E-state index in [9.17, 15) is 9.59 Å². The van der Waals surface area contributed by atoms with Crippen LogP contribution < -0.4 is 10.9 Å². The van der Waals surface area contributed by atoms with Crippen molar-refractivity contribution in [2.24, 2.45) is 0 Å². The predicted octanol–water partition coefficient (Wildman–Crippen LogP) is 2.92. The van der Waals surface area contributed by atoms with Gasteiger partial charge in [0, 0.05) is 18.4 Å². The molecule has 2 heterocycles. The van der Waals surface area contributed by atoms with Gasteiger partial charge in [-0.2, -0.15) is 0 Å². The molecular formula is C23H30N4O2. The molecule has 1 unspecified atom stereocenters. The summed E-state index contributed by atoms with van der Waals surface area (Å²) >= 11 is 0. The molecule has 1 amide bonds. The Bertz CT molecular complexity index is 868. The molecule has 1 aliphatic carbocycles. The zero-order chi connectivity index (χ0) is 20.1. The normalized spacial score (nSPS) is 18.8. The molecule has 2 N–H and O–H groups in total. The van der Waals surface area contributed by atoms with Gasteiger partial charge in [0.2, 0.25) is 5.91 Å². The third-order valence-electron chi connectivity index (χ3n) is 5.79. The van der Waals surface area contributed by atoms with Gasteiger partial charge in [-0.15, -0.1) is 0 Å². The summed E-state index contributed by atoms with van der Waals surface area (Å²) in [6, 6.07) is 11.3. The van der Waals surface area contributed by atoms with Crippen molar-refractivity contribution in [3.63, 3.8) is 0 Å². The Morgan fingerprint density at radius 2 is 1.86 bits per heavy atom. The molecule has 0 radical (unpaired) electrons. The summed E-state index contributed by atoms with van der Waals surface area (Å²) in [5, 5.41) is 3.20. The van der Waals surface area contributed by atoms with Gasteiger partial charge in [0.05, 0.1) is 18.3 Å². The summed E-state index contributed by atoms with van der Waals surface area (Å²) in [5.41, 5.74) is 1.66. The van der Waals surface area contributed by atoms with E-state index in [0.717, 1.165) is 55.9 Å². The molecular weight excluding hydrogens is 364 g/mol. The first kappa shape index (κ1) is 19.8. The molecule has 29 heavy (non-hydrogen) atoms. The second kappa shape index (κ2) is 9.35. The third-order valence-corrected chi connectivity index (χ3v) is 5.79. The van der Waals surface area contributed by atoms with Crippen molar-refractivity contribution < 1.29 is 4.79 Å². The fourth-order valence-corrected chi connectivity index (χ4v) is 4.07. The zero-order valence-corrected chi connectivity index (χ0v) is 16.9. The Hall–Kier alpha value is -2.47. The molecule has 0 bridgehead atoms. The van der Waals surface area contributed by atoms with Crippen LogP contribution in [0.15, 0.2) is 41.2 Å². The van der Waals surface area contributed by atoms with Gasteiger partial charge in [0.1, 0.15) is 5.82 Å². The summed E-state index contributed by atoms with van der Waals surface area (Å²) in [6.07, 6.45) is 7.51. The average Bonchev–Trinajstić information content (AvgIpc) is 3.56. The number of amides is 1. The summed E-state index contributed by atoms with van der Waals surface area (Å²) in [6.45, 7) is 2.41. The smallest absolute Gasteiger partial charge is 0.251 e. The monoisotopic (exact) mass is 394 g/mol. The van der Waals surface area contributed by atoms with Crippen LogP contribution in [0.2, 0.25) is 0 Å². The van der Waals surface area contributed by atoms with E-state index in [1.807, 2.05) is 30.3 Å². The lowest BCUT2D eigenvalue weighted by molar-refractivity contribution is -0.123. The van der Waals surface area contributed by atoms with E-state index in [0.29, 0.717) is 18.9 Å². The molecule has 1 aromatic heterocycles. The van der Waals surface area contributed by atoms with Crippen molar-refractivity contribution in [3.05, 3.63) is 63.8 Å². The molecule has 1 aromatic carbocycles. The highest BCUT2D eigenvalue weighted by molar-refractivity contribution is 5.78. The van der Waals surface area contributed by atoms with E-state index in [4.69, 9.17) is 0 Å². The number of hydrogen-bond acceptors (Lipinski definition) is 4. The largest absolute Gasteiger partial charge is 0.348 e. The van der Waals surface area contributed by atoms with Crippen molar-refractivity contribution in [1.82, 2.24) is 20.2 Å². The average molecular weight is 395 g/mol. The number of hydrogen-bond donors (Lipinski definition) is 2. The first-order chi connectivity index (χ1) is 14.2. The van der Waals surface area contributed by atoms with E-state index < -0.39 is 0 Å². The number of aromatic nitrogens is 2. The number of nitrogens with zero attached hydrogens (tertiary/aromatic N) is 2. The van der Waals surface area contributed by atoms with E-state index >= 15 is 0 Å². The Kier molecular flexibility index (Phi) is 6.39. The summed E-state index contributed by atoms with van der Waals surface area (Å²) in [7, 11) is 0. The van der Waals surface area contributed by atoms with Gasteiger partial charge in [-0.1, -0.05) is 43.2 Å². The van der Waals surface area contributed by atoms with Crippen LogP contribution in [-0.2, 0) is 11.2 Å². The molecule has 1 atom stereocenters. The molecule has 154 valence electrons. The maximum absolute atomic E-state index is 12.8. The van der Waals surface area contributed by atoms with Gasteiger partial charge in [-0.25, -0.2) is 4.98 Å². The van der Waals surface area contributed by atoms with Crippen LogP contribution in [0, 0.1) is 0 Å². The van der Waals surface area contributed by atoms with Crippen LogP contribution in [0.4, 0.5) is 0 Å². The van der Waals surface area contributed by atoms with Crippen molar-refractivity contribution in [3.8, 4) is 0 Å². The summed E-state index contributed by atoms with van der Waals surface area (Å²) < 4.78 is 0. The Morgan fingerprint density at radius 1 is 1.14 bits per heavy atom. The Balaban J connectivity index is 1.48. The minimum Gasteiger partial charge on any atom is -0.348 e. The van der Waals surface area contributed by atoms with Crippen molar-refractivity contribution in [2.45, 2.75) is 56.9 Å². The highest BCUT2D eigenvalue weighted by Crippen LogP contribution is 2.37. The maximum atomic E-state index is 12.8. The number of benzene rings is 1. The molecule has 2 aliphatic rings. The van der Waals surface area contributed by atoms with Gasteiger partial charge in [-0.05, 0) is 44.3 Å². The summed E-state index contributed by atoms with van der Waals surface area (Å²) in [5.74, 6) is 1.21. The lowest BCUT2D eigenvalue weighted by atomic mass is 10.0. The third kappa shape index (κ3) is 5.76. The van der Waals surface area contributed by atoms with Crippen LogP contribution in [-0.4, -0.2) is 40.4 Å². The van der Waals surface area contributed by atoms with Crippen LogP contribution in [0.5, 0.6) is 0 Å². The zero-order valence-electron chi connectivity index (χ0n) is 16.9. The van der Waals surface area contributed by atoms with Crippen LogP contribution in [0.1, 0.15) is 67.6 Å². The highest BCUT2D eigenvalue weighted by Gasteiger charge is 2.27. The van der Waals surface area contributed by atoms with E-state index in [-0.39, 0.29) is 17.5 Å². The minimum atomic E-state index is -0.197. The van der Waals surface area contributed by atoms with Crippen molar-refractivity contribution in [2.75, 3.05) is 19.6 Å². The number of aromatic amines is 1. The van der Waals surface area contributed by atoms with Crippen LogP contribution in [0.3, 0.4) is 0 Å². The summed E-state index contributed by atoms with van der Waals surface area (Å²) in [4.78, 5) is 34.7. The quantitative estimate of drug-likeness (QED) is 0.757. The number of nitrogens with one attached hydrogen (secondary N) is 2. The van der Waals surface area contributed by atoms with E-state index in [2.05, 4.69) is 20.2 Å². The molecule has 1 saturated heterocycles. The molecule has 4 rings (SSSR count). The second-order valence-corrected chi connectivity index (χ2v) is 8.32. The molecule has 6 heteroatoms. The Labute approximate surface area is 171 Å². The van der Waals surface area contributed by atoms with Crippen LogP contribution >= 0.6 is 0 Å². The first-order valence-corrected chi connectivity index (χ1v) is 10.8. The number of carbonyl (C=O) groups is 1. The topological polar surface area (TPSA) is 78.1 Å². The molecule has 1 aliphatic heterocycles. The molecule has 6 nitrogen and oxygen atoms in total. The van der Waals surface area contributed by atoms with E-state index in [1.54, 1.807) is 6.07 Å². The lowest BCUT2D eigenvalue weighted by Gasteiger charge is -2.23. The van der Waals surface area contributed by atoms with Crippen molar-refractivity contribution >= 4 is 5.91 Å². The first-order valence-electron chi connectivity index (χ1n) is 10.8. The molecule has 2 aromatic rings. The second-order valence-electron chi connectivity index (χ2n) is 8.32. The van der Waals surface area contributed by atoms with Gasteiger partial charge in [0.15, 0.2) is 0 Å². The lowest BCUT2D eigenvalue weighted by Crippen LogP contribution is -2.40. The number of H-pyrrole nitrogens is 1. The van der Waals surface area contributed by atoms with Gasteiger partial charge in [0.25, 0.3) is 5.56 Å². The fourth-order valence-electron chi connectivity index (χ4n) is 4.07. The maximum Gasteiger partial charge on any atom is 0.251 e. The molecule has 2 fully saturated rings. The number of carbonyl (C=O) groups excluding carboxylic acids is 1. The number of rotatable bonds is 7. The molecule has 1 saturated carbocycles.